The summed E-state index contributed by atoms with van der Waals surface area (Å²) in [6, 6.07) is 4.72. The highest BCUT2D eigenvalue weighted by Crippen LogP contribution is 2.32. The third kappa shape index (κ3) is 3.58. The Balaban J connectivity index is 2.08. The molecule has 1 aliphatic rings. The molecule has 0 aliphatic carbocycles. The van der Waals surface area contributed by atoms with Gasteiger partial charge in [0.05, 0.1) is 4.92 Å². The van der Waals surface area contributed by atoms with Gasteiger partial charge in [-0.1, -0.05) is 18.5 Å². The number of benzene rings is 1. The molecule has 0 aromatic heterocycles. The van der Waals surface area contributed by atoms with Crippen molar-refractivity contribution in [2.75, 3.05) is 25.0 Å². The van der Waals surface area contributed by atoms with Crippen molar-refractivity contribution < 1.29 is 4.92 Å². The van der Waals surface area contributed by atoms with Crippen molar-refractivity contribution in [1.82, 2.24) is 5.32 Å². The Kier molecular flexibility index (Phi) is 4.27. The van der Waals surface area contributed by atoms with E-state index in [0.717, 1.165) is 32.5 Å². The Bertz CT molecular complexity index is 473. The molecule has 0 spiro atoms. The molecule has 2 rings (SSSR count). The molecule has 2 N–H and O–H groups in total. The fraction of sp³-hybridized carbons (Fsp3) is 0.538. The van der Waals surface area contributed by atoms with Crippen LogP contribution >= 0.6 is 11.6 Å². The first kappa shape index (κ1) is 14.1. The molecule has 1 saturated heterocycles. The number of piperidine rings is 1. The summed E-state index contributed by atoms with van der Waals surface area (Å²) in [6.45, 7) is 4.95. The van der Waals surface area contributed by atoms with Crippen LogP contribution in [0.25, 0.3) is 0 Å². The standard InChI is InChI=1S/C13H18ClN3O2/c1-13(4-6-15-7-5-13)9-16-11-3-2-10(14)8-12(11)17(18)19/h2-3,8,15-16H,4-7,9H2,1H3. The first-order valence-electron chi connectivity index (χ1n) is 6.39. The van der Waals surface area contributed by atoms with E-state index in [1.165, 1.54) is 6.07 Å². The topological polar surface area (TPSA) is 67.2 Å². The number of nitro groups is 1. The molecule has 0 amide bonds. The number of hydrogen-bond acceptors (Lipinski definition) is 4. The van der Waals surface area contributed by atoms with E-state index in [-0.39, 0.29) is 11.1 Å². The Morgan fingerprint density at radius 3 is 2.79 bits per heavy atom. The van der Waals surface area contributed by atoms with Crippen LogP contribution in [0, 0.1) is 15.5 Å². The molecule has 0 saturated carbocycles. The lowest BCUT2D eigenvalue weighted by Gasteiger charge is -2.34. The summed E-state index contributed by atoms with van der Waals surface area (Å²) in [5.41, 5.74) is 0.748. The van der Waals surface area contributed by atoms with E-state index < -0.39 is 4.92 Å². The quantitative estimate of drug-likeness (QED) is 0.658. The van der Waals surface area contributed by atoms with E-state index in [1.807, 2.05) is 0 Å². The maximum atomic E-state index is 11.0. The van der Waals surface area contributed by atoms with Crippen LogP contribution in [-0.4, -0.2) is 24.6 Å². The zero-order valence-electron chi connectivity index (χ0n) is 10.9. The average molecular weight is 284 g/mol. The first-order valence-corrected chi connectivity index (χ1v) is 6.77. The van der Waals surface area contributed by atoms with Crippen molar-refractivity contribution in [1.29, 1.82) is 0 Å². The lowest BCUT2D eigenvalue weighted by atomic mass is 9.81. The number of hydrogen-bond donors (Lipinski definition) is 2. The van der Waals surface area contributed by atoms with E-state index >= 15 is 0 Å². The van der Waals surface area contributed by atoms with E-state index in [9.17, 15) is 10.1 Å². The van der Waals surface area contributed by atoms with Gasteiger partial charge in [-0.25, -0.2) is 0 Å². The molecule has 0 unspecified atom stereocenters. The molecule has 1 aromatic rings. The van der Waals surface area contributed by atoms with Gasteiger partial charge >= 0.3 is 0 Å². The molecule has 19 heavy (non-hydrogen) atoms. The maximum Gasteiger partial charge on any atom is 0.293 e. The summed E-state index contributed by atoms with van der Waals surface area (Å²) in [7, 11) is 0. The number of nitrogens with zero attached hydrogens (tertiary/aromatic N) is 1. The van der Waals surface area contributed by atoms with Crippen molar-refractivity contribution in [3.63, 3.8) is 0 Å². The van der Waals surface area contributed by atoms with Crippen molar-refractivity contribution in [2.45, 2.75) is 19.8 Å². The van der Waals surface area contributed by atoms with Crippen LogP contribution in [0.15, 0.2) is 18.2 Å². The number of rotatable bonds is 4. The molecule has 0 bridgehead atoms. The monoisotopic (exact) mass is 283 g/mol. The van der Waals surface area contributed by atoms with Gasteiger partial charge in [0.1, 0.15) is 5.69 Å². The highest BCUT2D eigenvalue weighted by molar-refractivity contribution is 6.30. The Morgan fingerprint density at radius 1 is 1.47 bits per heavy atom. The first-order chi connectivity index (χ1) is 9.00. The van der Waals surface area contributed by atoms with Crippen molar-refractivity contribution >= 4 is 23.0 Å². The van der Waals surface area contributed by atoms with Gasteiger partial charge in [-0.3, -0.25) is 10.1 Å². The van der Waals surface area contributed by atoms with Crippen LogP contribution in [0.2, 0.25) is 5.02 Å². The molecule has 1 aromatic carbocycles. The molecule has 1 heterocycles. The second kappa shape index (κ2) is 5.75. The zero-order valence-corrected chi connectivity index (χ0v) is 11.7. The molecule has 0 radical (unpaired) electrons. The summed E-state index contributed by atoms with van der Waals surface area (Å²) >= 11 is 5.80. The highest BCUT2D eigenvalue weighted by atomic mass is 35.5. The Labute approximate surface area is 117 Å². The van der Waals surface area contributed by atoms with Gasteiger partial charge in [-0.2, -0.15) is 0 Å². The number of nitrogens with one attached hydrogen (secondary N) is 2. The summed E-state index contributed by atoms with van der Waals surface area (Å²) in [5, 5.41) is 17.9. The second-order valence-corrected chi connectivity index (χ2v) is 5.77. The molecule has 104 valence electrons. The molecule has 0 atom stereocenters. The molecule has 1 fully saturated rings. The van der Waals surface area contributed by atoms with Gasteiger partial charge in [-0.15, -0.1) is 0 Å². The van der Waals surface area contributed by atoms with Crippen molar-refractivity contribution in [3.05, 3.63) is 33.3 Å². The largest absolute Gasteiger partial charge is 0.379 e. The van der Waals surface area contributed by atoms with Crippen LogP contribution in [0.5, 0.6) is 0 Å². The predicted octanol–water partition coefficient (Wildman–Crippen LogP) is 3.05. The van der Waals surface area contributed by atoms with Crippen LogP contribution in [0.4, 0.5) is 11.4 Å². The molecule has 6 heteroatoms. The molecule has 1 aliphatic heterocycles. The van der Waals surface area contributed by atoms with E-state index in [1.54, 1.807) is 12.1 Å². The minimum atomic E-state index is -0.404. The van der Waals surface area contributed by atoms with Crippen molar-refractivity contribution in [3.8, 4) is 0 Å². The minimum Gasteiger partial charge on any atom is -0.379 e. The number of anilines is 1. The SMILES string of the molecule is CC1(CNc2ccc(Cl)cc2[N+](=O)[O-])CCNCC1. The smallest absolute Gasteiger partial charge is 0.293 e. The van der Waals surface area contributed by atoms with Gasteiger partial charge in [-0.05, 0) is 43.5 Å². The normalized spacial score (nSPS) is 18.0. The lowest BCUT2D eigenvalue weighted by Crippen LogP contribution is -2.39. The Morgan fingerprint density at radius 2 is 2.16 bits per heavy atom. The fourth-order valence-electron chi connectivity index (χ4n) is 2.32. The highest BCUT2D eigenvalue weighted by Gasteiger charge is 2.27. The van der Waals surface area contributed by atoms with E-state index in [0.29, 0.717) is 10.7 Å². The number of nitro benzene ring substituents is 1. The number of halogens is 1. The van der Waals surface area contributed by atoms with Gasteiger partial charge < -0.3 is 10.6 Å². The minimum absolute atomic E-state index is 0.0324. The van der Waals surface area contributed by atoms with Gasteiger partial charge in [0, 0.05) is 17.6 Å². The molecular weight excluding hydrogens is 266 g/mol. The van der Waals surface area contributed by atoms with Crippen LogP contribution < -0.4 is 10.6 Å². The second-order valence-electron chi connectivity index (χ2n) is 5.33. The molecule has 5 nitrogen and oxygen atoms in total. The summed E-state index contributed by atoms with van der Waals surface area (Å²) in [4.78, 5) is 10.6. The third-order valence-corrected chi connectivity index (χ3v) is 3.91. The van der Waals surface area contributed by atoms with E-state index in [2.05, 4.69) is 17.6 Å². The zero-order chi connectivity index (χ0) is 13.9. The maximum absolute atomic E-state index is 11.0. The summed E-state index contributed by atoms with van der Waals surface area (Å²) < 4.78 is 0. The van der Waals surface area contributed by atoms with Crippen LogP contribution in [0.3, 0.4) is 0 Å². The fourth-order valence-corrected chi connectivity index (χ4v) is 2.49. The van der Waals surface area contributed by atoms with Crippen LogP contribution in [0.1, 0.15) is 19.8 Å². The Hall–Kier alpha value is -1.33. The van der Waals surface area contributed by atoms with Gasteiger partial charge in [0.15, 0.2) is 0 Å². The predicted molar refractivity (Wildman–Crippen MR) is 76.8 cm³/mol. The average Bonchev–Trinajstić information content (AvgIpc) is 2.38. The van der Waals surface area contributed by atoms with E-state index in [4.69, 9.17) is 11.6 Å². The lowest BCUT2D eigenvalue weighted by molar-refractivity contribution is -0.383. The van der Waals surface area contributed by atoms with Crippen LogP contribution in [-0.2, 0) is 0 Å². The third-order valence-electron chi connectivity index (χ3n) is 3.67. The molecular formula is C13H18ClN3O2. The van der Waals surface area contributed by atoms with Gasteiger partial charge in [0.2, 0.25) is 0 Å². The van der Waals surface area contributed by atoms with Gasteiger partial charge in [0.25, 0.3) is 5.69 Å². The summed E-state index contributed by atoms with van der Waals surface area (Å²) in [6.07, 6.45) is 2.14. The summed E-state index contributed by atoms with van der Waals surface area (Å²) in [5.74, 6) is 0. The van der Waals surface area contributed by atoms with Crippen molar-refractivity contribution in [2.24, 2.45) is 5.41 Å².